The Morgan fingerprint density at radius 2 is 1.87 bits per heavy atom. The molecule has 4 rings (SSSR count). The molecule has 1 fully saturated rings. The lowest BCUT2D eigenvalue weighted by Gasteiger charge is -2.19. The minimum absolute atomic E-state index is 0.00354. The Hall–Kier alpha value is -3.67. The number of Topliss-reactive ketones (excluding diaryl/α,β-unsaturated/α-hetero) is 1. The van der Waals surface area contributed by atoms with Crippen molar-refractivity contribution in [3.63, 3.8) is 0 Å². The van der Waals surface area contributed by atoms with Gasteiger partial charge in [-0.05, 0) is 61.7 Å². The van der Waals surface area contributed by atoms with Gasteiger partial charge in [-0.25, -0.2) is 9.48 Å². The molecule has 1 atom stereocenters. The summed E-state index contributed by atoms with van der Waals surface area (Å²) in [6.45, 7) is 0. The molecule has 0 N–H and O–H groups in total. The highest BCUT2D eigenvalue weighted by Gasteiger charge is 2.25. The van der Waals surface area contributed by atoms with Crippen molar-refractivity contribution in [1.29, 1.82) is 0 Å². The second-order valence-corrected chi connectivity index (χ2v) is 7.41. The molecule has 2 aromatic carbocycles. The summed E-state index contributed by atoms with van der Waals surface area (Å²) in [5, 5.41) is 4.73. The maximum atomic E-state index is 12.3. The fourth-order valence-electron chi connectivity index (χ4n) is 3.61. The van der Waals surface area contributed by atoms with E-state index < -0.39 is 12.1 Å². The third-order valence-corrected chi connectivity index (χ3v) is 5.28. The van der Waals surface area contributed by atoms with Crippen LogP contribution in [0.3, 0.4) is 0 Å². The van der Waals surface area contributed by atoms with E-state index in [1.54, 1.807) is 17.9 Å². The lowest BCUT2D eigenvalue weighted by Crippen LogP contribution is -2.29. The van der Waals surface area contributed by atoms with Crippen LogP contribution in [0.1, 0.15) is 31.2 Å². The Bertz CT molecular complexity index is 1080. The third-order valence-electron chi connectivity index (χ3n) is 5.28. The molecule has 1 heterocycles. The summed E-state index contributed by atoms with van der Waals surface area (Å²) < 4.78 is 12.4. The number of hydrogen-bond donors (Lipinski definition) is 0. The minimum atomic E-state index is -0.626. The number of hydrogen-bond acceptors (Lipinski definition) is 5. The van der Waals surface area contributed by atoms with Crippen molar-refractivity contribution in [1.82, 2.24) is 9.78 Å². The average Bonchev–Trinajstić information content (AvgIpc) is 3.24. The maximum absolute atomic E-state index is 12.3. The van der Waals surface area contributed by atoms with Crippen LogP contribution in [-0.2, 0) is 14.3 Å². The smallest absolute Gasteiger partial charge is 0.331 e. The third kappa shape index (κ3) is 4.91. The molecule has 6 heteroatoms. The number of nitrogens with zero attached hydrogens (tertiary/aromatic N) is 2. The van der Waals surface area contributed by atoms with E-state index in [4.69, 9.17) is 14.6 Å². The topological polar surface area (TPSA) is 70.4 Å². The van der Waals surface area contributed by atoms with Crippen LogP contribution in [0.15, 0.2) is 66.9 Å². The van der Waals surface area contributed by atoms with E-state index in [0.29, 0.717) is 12.8 Å². The zero-order chi connectivity index (χ0) is 21.6. The second-order valence-electron chi connectivity index (χ2n) is 7.41. The summed E-state index contributed by atoms with van der Waals surface area (Å²) in [7, 11) is 1.62. The zero-order valence-corrected chi connectivity index (χ0v) is 17.4. The monoisotopic (exact) mass is 416 g/mol. The highest BCUT2D eigenvalue weighted by Crippen LogP contribution is 2.27. The van der Waals surface area contributed by atoms with Crippen molar-refractivity contribution < 1.29 is 19.1 Å². The number of carbonyl (C=O) groups excluding carboxylic acids is 2. The molecule has 1 aromatic heterocycles. The first-order chi connectivity index (χ1) is 15.1. The highest BCUT2D eigenvalue weighted by atomic mass is 16.5. The van der Waals surface area contributed by atoms with Crippen LogP contribution < -0.4 is 4.74 Å². The molecule has 0 spiro atoms. The first kappa shape index (κ1) is 20.6. The standard InChI is InChI=1S/C25H24N2O4/c1-30-21-14-11-18(12-15-21)25-19(17-27(26-25)20-7-3-2-4-8-20)13-16-24(29)31-23-10-6-5-9-22(23)28/h2-4,7-8,11-17,23H,5-6,9-10H2,1H3/b16-13+/t23-/m0/s1. The summed E-state index contributed by atoms with van der Waals surface area (Å²) in [5.74, 6) is 0.237. The van der Waals surface area contributed by atoms with E-state index >= 15 is 0 Å². The van der Waals surface area contributed by atoms with Gasteiger partial charge in [0.2, 0.25) is 0 Å². The molecule has 0 bridgehead atoms. The quantitative estimate of drug-likeness (QED) is 0.433. The number of para-hydroxylation sites is 1. The van der Waals surface area contributed by atoms with E-state index in [2.05, 4.69) is 0 Å². The van der Waals surface area contributed by atoms with Gasteiger partial charge in [-0.3, -0.25) is 4.79 Å². The minimum Gasteiger partial charge on any atom is -0.497 e. The number of esters is 1. The largest absolute Gasteiger partial charge is 0.497 e. The summed E-state index contributed by atoms with van der Waals surface area (Å²) in [6.07, 6.45) is 7.13. The number of benzene rings is 2. The molecule has 1 aliphatic carbocycles. The molecule has 3 aromatic rings. The molecular formula is C25H24N2O4. The van der Waals surface area contributed by atoms with E-state index in [-0.39, 0.29) is 5.78 Å². The normalized spacial score (nSPS) is 16.4. The SMILES string of the molecule is COc1ccc(-c2nn(-c3ccccc3)cc2/C=C/C(=O)O[C@H]2CCCCC2=O)cc1. The van der Waals surface area contributed by atoms with E-state index in [9.17, 15) is 9.59 Å². The molecule has 0 amide bonds. The first-order valence-electron chi connectivity index (χ1n) is 10.3. The van der Waals surface area contributed by atoms with Gasteiger partial charge in [0.25, 0.3) is 0 Å². The van der Waals surface area contributed by atoms with Crippen LogP contribution in [0.25, 0.3) is 23.0 Å². The summed E-state index contributed by atoms with van der Waals surface area (Å²) in [6, 6.07) is 17.3. The molecular weight excluding hydrogens is 392 g/mol. The van der Waals surface area contributed by atoms with Gasteiger partial charge in [-0.15, -0.1) is 0 Å². The Balaban J connectivity index is 1.61. The van der Waals surface area contributed by atoms with E-state index in [1.165, 1.54) is 6.08 Å². The van der Waals surface area contributed by atoms with Crippen LogP contribution in [0.5, 0.6) is 5.75 Å². The van der Waals surface area contributed by atoms with Crippen molar-refractivity contribution in [2.24, 2.45) is 0 Å². The van der Waals surface area contributed by atoms with Gasteiger partial charge >= 0.3 is 5.97 Å². The van der Waals surface area contributed by atoms with Gasteiger partial charge in [0.1, 0.15) is 5.75 Å². The molecule has 158 valence electrons. The van der Waals surface area contributed by atoms with Crippen LogP contribution in [-0.4, -0.2) is 34.7 Å². The van der Waals surface area contributed by atoms with Crippen LogP contribution >= 0.6 is 0 Å². The molecule has 6 nitrogen and oxygen atoms in total. The summed E-state index contributed by atoms with van der Waals surface area (Å²) >= 11 is 0. The number of ether oxygens (including phenoxy) is 2. The Kier molecular flexibility index (Phi) is 6.26. The van der Waals surface area contributed by atoms with Gasteiger partial charge in [0.05, 0.1) is 18.5 Å². The Morgan fingerprint density at radius 1 is 1.10 bits per heavy atom. The molecule has 1 aliphatic rings. The number of methoxy groups -OCH3 is 1. The predicted molar refractivity (Wildman–Crippen MR) is 118 cm³/mol. The Labute approximate surface area is 181 Å². The predicted octanol–water partition coefficient (Wildman–Crippen LogP) is 4.62. The Morgan fingerprint density at radius 3 is 2.58 bits per heavy atom. The summed E-state index contributed by atoms with van der Waals surface area (Å²) in [5.41, 5.74) is 3.29. The molecule has 0 radical (unpaired) electrons. The van der Waals surface area contributed by atoms with Crippen LogP contribution in [0.4, 0.5) is 0 Å². The lowest BCUT2D eigenvalue weighted by molar-refractivity contribution is -0.152. The van der Waals surface area contributed by atoms with Crippen molar-refractivity contribution in [2.45, 2.75) is 31.8 Å². The average molecular weight is 416 g/mol. The van der Waals surface area contributed by atoms with Gasteiger partial charge in [-0.2, -0.15) is 5.10 Å². The van der Waals surface area contributed by atoms with Gasteiger partial charge in [-0.1, -0.05) is 18.2 Å². The van der Waals surface area contributed by atoms with Crippen molar-refractivity contribution in [3.8, 4) is 22.7 Å². The van der Waals surface area contributed by atoms with Gasteiger partial charge in [0.15, 0.2) is 11.9 Å². The molecule has 0 unspecified atom stereocenters. The number of ketones is 1. The second kappa shape index (κ2) is 9.43. The molecule has 0 saturated heterocycles. The zero-order valence-electron chi connectivity index (χ0n) is 17.4. The maximum Gasteiger partial charge on any atom is 0.331 e. The lowest BCUT2D eigenvalue weighted by atomic mass is 9.96. The van der Waals surface area contributed by atoms with E-state index in [1.807, 2.05) is 60.8 Å². The summed E-state index contributed by atoms with van der Waals surface area (Å²) in [4.78, 5) is 24.3. The van der Waals surface area contributed by atoms with Crippen molar-refractivity contribution in [2.75, 3.05) is 7.11 Å². The number of carbonyl (C=O) groups is 2. The van der Waals surface area contributed by atoms with Crippen molar-refractivity contribution in [3.05, 3.63) is 72.4 Å². The van der Waals surface area contributed by atoms with Gasteiger partial charge in [0, 0.05) is 29.8 Å². The molecule has 1 saturated carbocycles. The fraction of sp³-hybridized carbons (Fsp3) is 0.240. The highest BCUT2D eigenvalue weighted by molar-refractivity contribution is 5.92. The van der Waals surface area contributed by atoms with Crippen LogP contribution in [0.2, 0.25) is 0 Å². The van der Waals surface area contributed by atoms with Crippen molar-refractivity contribution >= 4 is 17.8 Å². The molecule has 0 aliphatic heterocycles. The van der Waals surface area contributed by atoms with Gasteiger partial charge < -0.3 is 9.47 Å². The number of aromatic nitrogens is 2. The number of rotatable bonds is 6. The first-order valence-corrected chi connectivity index (χ1v) is 10.3. The molecule has 31 heavy (non-hydrogen) atoms. The van der Waals surface area contributed by atoms with E-state index in [0.717, 1.165) is 41.1 Å². The van der Waals surface area contributed by atoms with Crippen LogP contribution in [0, 0.1) is 0 Å². The fourth-order valence-corrected chi connectivity index (χ4v) is 3.61.